The van der Waals surface area contributed by atoms with E-state index < -0.39 is 12.1 Å². The molecule has 3 nitrogen and oxygen atoms in total. The smallest absolute Gasteiger partial charge is 0.331 e. The number of alkyl halides is 3. The predicted octanol–water partition coefficient (Wildman–Crippen LogP) is 1.54. The van der Waals surface area contributed by atoms with E-state index in [4.69, 9.17) is 0 Å². The van der Waals surface area contributed by atoms with Gasteiger partial charge < -0.3 is 10.2 Å². The maximum atomic E-state index is 12.4. The van der Waals surface area contributed by atoms with E-state index in [1.54, 1.807) is 6.92 Å². The van der Waals surface area contributed by atoms with Crippen LogP contribution in [0.1, 0.15) is 26.2 Å². The number of amides is 1. The molecule has 1 aliphatic rings. The van der Waals surface area contributed by atoms with Gasteiger partial charge in [-0.1, -0.05) is 6.92 Å². The molecule has 0 spiro atoms. The molecule has 1 aliphatic heterocycles. The van der Waals surface area contributed by atoms with E-state index in [2.05, 4.69) is 5.32 Å². The van der Waals surface area contributed by atoms with Gasteiger partial charge >= 0.3 is 12.1 Å². The van der Waals surface area contributed by atoms with E-state index in [0.29, 0.717) is 19.4 Å². The number of hydrogen-bond acceptors (Lipinski definition) is 2. The van der Waals surface area contributed by atoms with Gasteiger partial charge in [0.25, 0.3) is 0 Å². The van der Waals surface area contributed by atoms with Crippen LogP contribution in [0, 0.1) is 0 Å². The summed E-state index contributed by atoms with van der Waals surface area (Å²) >= 11 is 0. The molecule has 0 radical (unpaired) electrons. The van der Waals surface area contributed by atoms with E-state index in [-0.39, 0.29) is 12.6 Å². The SMILES string of the molecule is CCCN(C(=O)C(F)(F)F)C1CCCNC1. The number of halogens is 3. The van der Waals surface area contributed by atoms with Gasteiger partial charge in [0.15, 0.2) is 0 Å². The van der Waals surface area contributed by atoms with E-state index in [0.717, 1.165) is 17.9 Å². The number of hydrogen-bond donors (Lipinski definition) is 1. The molecule has 1 unspecified atom stereocenters. The maximum absolute atomic E-state index is 12.4. The molecule has 0 aliphatic carbocycles. The summed E-state index contributed by atoms with van der Waals surface area (Å²) in [5.74, 6) is -1.71. The van der Waals surface area contributed by atoms with Crippen molar-refractivity contribution in [2.75, 3.05) is 19.6 Å². The van der Waals surface area contributed by atoms with Crippen molar-refractivity contribution in [2.45, 2.75) is 38.4 Å². The van der Waals surface area contributed by atoms with Crippen molar-refractivity contribution in [1.29, 1.82) is 0 Å². The van der Waals surface area contributed by atoms with E-state index in [1.165, 1.54) is 0 Å². The number of carbonyl (C=O) groups is 1. The first-order valence-corrected chi connectivity index (χ1v) is 5.55. The van der Waals surface area contributed by atoms with Crippen molar-refractivity contribution in [3.05, 3.63) is 0 Å². The second-order valence-electron chi connectivity index (χ2n) is 4.00. The lowest BCUT2D eigenvalue weighted by molar-refractivity contribution is -0.188. The standard InChI is InChI=1S/C10H17F3N2O/c1-2-6-15(9(16)10(11,12)13)8-4-3-5-14-7-8/h8,14H,2-7H2,1H3. The molecule has 0 aromatic carbocycles. The van der Waals surface area contributed by atoms with Crippen molar-refractivity contribution in [1.82, 2.24) is 10.2 Å². The van der Waals surface area contributed by atoms with Crippen molar-refractivity contribution >= 4 is 5.91 Å². The van der Waals surface area contributed by atoms with Crippen LogP contribution < -0.4 is 5.32 Å². The fraction of sp³-hybridized carbons (Fsp3) is 0.900. The van der Waals surface area contributed by atoms with Crippen molar-refractivity contribution in [3.8, 4) is 0 Å². The van der Waals surface area contributed by atoms with Gasteiger partial charge in [-0.05, 0) is 25.8 Å². The molecule has 94 valence electrons. The highest BCUT2D eigenvalue weighted by Gasteiger charge is 2.44. The zero-order valence-electron chi connectivity index (χ0n) is 9.31. The summed E-state index contributed by atoms with van der Waals surface area (Å²) in [7, 11) is 0. The number of piperidine rings is 1. The molecule has 6 heteroatoms. The lowest BCUT2D eigenvalue weighted by Gasteiger charge is -2.34. The fourth-order valence-electron chi connectivity index (χ4n) is 1.95. The second-order valence-corrected chi connectivity index (χ2v) is 4.00. The van der Waals surface area contributed by atoms with Crippen LogP contribution >= 0.6 is 0 Å². The minimum Gasteiger partial charge on any atom is -0.331 e. The number of nitrogens with zero attached hydrogens (tertiary/aromatic N) is 1. The molecule has 1 atom stereocenters. The molecule has 1 N–H and O–H groups in total. The minimum absolute atomic E-state index is 0.171. The quantitative estimate of drug-likeness (QED) is 0.809. The molecule has 1 amide bonds. The number of rotatable bonds is 3. The van der Waals surface area contributed by atoms with Crippen molar-refractivity contribution in [2.24, 2.45) is 0 Å². The first kappa shape index (κ1) is 13.3. The van der Waals surface area contributed by atoms with Gasteiger partial charge in [0.2, 0.25) is 0 Å². The van der Waals surface area contributed by atoms with Gasteiger partial charge in [-0.2, -0.15) is 13.2 Å². The Bertz CT molecular complexity index is 237. The van der Waals surface area contributed by atoms with Crippen LogP contribution in [-0.4, -0.2) is 42.7 Å². The van der Waals surface area contributed by atoms with Gasteiger partial charge in [0.1, 0.15) is 0 Å². The maximum Gasteiger partial charge on any atom is 0.471 e. The Labute approximate surface area is 93.0 Å². The monoisotopic (exact) mass is 238 g/mol. The van der Waals surface area contributed by atoms with Crippen LogP contribution in [0.25, 0.3) is 0 Å². The normalized spacial score (nSPS) is 21.9. The fourth-order valence-corrected chi connectivity index (χ4v) is 1.95. The zero-order chi connectivity index (χ0) is 12.2. The van der Waals surface area contributed by atoms with Crippen LogP contribution in [0.3, 0.4) is 0 Å². The van der Waals surface area contributed by atoms with Crippen LogP contribution in [0.5, 0.6) is 0 Å². The molecule has 1 heterocycles. The molecule has 0 bridgehead atoms. The molecule has 16 heavy (non-hydrogen) atoms. The highest BCUT2D eigenvalue weighted by Crippen LogP contribution is 2.22. The molecule has 1 rings (SSSR count). The molecule has 1 saturated heterocycles. The van der Waals surface area contributed by atoms with E-state index >= 15 is 0 Å². The summed E-state index contributed by atoms with van der Waals surface area (Å²) in [6.45, 7) is 3.22. The second kappa shape index (κ2) is 5.52. The highest BCUT2D eigenvalue weighted by molar-refractivity contribution is 5.82. The van der Waals surface area contributed by atoms with Crippen LogP contribution in [0.4, 0.5) is 13.2 Å². The Morgan fingerprint density at radius 2 is 2.19 bits per heavy atom. The summed E-state index contributed by atoms with van der Waals surface area (Å²) in [5.41, 5.74) is 0. The Hall–Kier alpha value is -0.780. The van der Waals surface area contributed by atoms with Crippen molar-refractivity contribution in [3.63, 3.8) is 0 Å². The van der Waals surface area contributed by atoms with E-state index in [1.807, 2.05) is 0 Å². The molecular weight excluding hydrogens is 221 g/mol. The van der Waals surface area contributed by atoms with Crippen molar-refractivity contribution < 1.29 is 18.0 Å². The largest absolute Gasteiger partial charge is 0.471 e. The van der Waals surface area contributed by atoms with Gasteiger partial charge in [0, 0.05) is 19.1 Å². The Kier molecular flexibility index (Phi) is 4.58. The first-order chi connectivity index (χ1) is 7.46. The summed E-state index contributed by atoms with van der Waals surface area (Å²) in [6, 6.07) is -0.317. The summed E-state index contributed by atoms with van der Waals surface area (Å²) in [6.07, 6.45) is -2.75. The Morgan fingerprint density at radius 1 is 1.50 bits per heavy atom. The summed E-state index contributed by atoms with van der Waals surface area (Å²) < 4.78 is 37.1. The molecule has 1 fully saturated rings. The average molecular weight is 238 g/mol. The summed E-state index contributed by atoms with van der Waals surface area (Å²) in [4.78, 5) is 12.2. The van der Waals surface area contributed by atoms with Gasteiger partial charge in [-0.25, -0.2) is 0 Å². The predicted molar refractivity (Wildman–Crippen MR) is 54.0 cm³/mol. The summed E-state index contributed by atoms with van der Waals surface area (Å²) in [5, 5.41) is 3.02. The topological polar surface area (TPSA) is 32.3 Å². The van der Waals surface area contributed by atoms with Gasteiger partial charge in [-0.15, -0.1) is 0 Å². The third-order valence-corrected chi connectivity index (χ3v) is 2.68. The lowest BCUT2D eigenvalue weighted by atomic mass is 10.1. The highest BCUT2D eigenvalue weighted by atomic mass is 19.4. The van der Waals surface area contributed by atoms with Crippen LogP contribution in [-0.2, 0) is 4.79 Å². The Morgan fingerprint density at radius 3 is 2.62 bits per heavy atom. The zero-order valence-corrected chi connectivity index (χ0v) is 9.31. The number of carbonyl (C=O) groups excluding carboxylic acids is 1. The van der Waals surface area contributed by atoms with Gasteiger partial charge in [-0.3, -0.25) is 4.79 Å². The first-order valence-electron chi connectivity index (χ1n) is 5.55. The molecule has 0 aromatic rings. The van der Waals surface area contributed by atoms with Gasteiger partial charge in [0.05, 0.1) is 0 Å². The lowest BCUT2D eigenvalue weighted by Crippen LogP contribution is -2.52. The third-order valence-electron chi connectivity index (χ3n) is 2.68. The minimum atomic E-state index is -4.76. The molecular formula is C10H17F3N2O. The van der Waals surface area contributed by atoms with Crippen LogP contribution in [0.2, 0.25) is 0 Å². The molecule has 0 aromatic heterocycles. The Balaban J connectivity index is 2.69. The third kappa shape index (κ3) is 3.37. The average Bonchev–Trinajstić information content (AvgIpc) is 2.25. The van der Waals surface area contributed by atoms with E-state index in [9.17, 15) is 18.0 Å². The molecule has 0 saturated carbocycles. The number of nitrogens with one attached hydrogen (secondary N) is 1. The van der Waals surface area contributed by atoms with Crippen LogP contribution in [0.15, 0.2) is 0 Å².